The Balaban J connectivity index is 2.42. The summed E-state index contributed by atoms with van der Waals surface area (Å²) < 4.78 is 2.06. The first kappa shape index (κ1) is 17.3. The zero-order chi connectivity index (χ0) is 16.8. The number of rotatable bonds is 7. The van der Waals surface area contributed by atoms with E-state index in [0.717, 1.165) is 36.3 Å². The number of aromatic nitrogens is 2. The Morgan fingerprint density at radius 1 is 1.39 bits per heavy atom. The Labute approximate surface area is 141 Å². The van der Waals surface area contributed by atoms with Gasteiger partial charge in [0.1, 0.15) is 5.82 Å². The molecular weight excluding hydrogens is 312 g/mol. The summed E-state index contributed by atoms with van der Waals surface area (Å²) in [5.41, 5.74) is 2.49. The van der Waals surface area contributed by atoms with Crippen LogP contribution in [0.1, 0.15) is 43.8 Å². The molecule has 0 aliphatic heterocycles. The minimum absolute atomic E-state index is 0.582. The predicted octanol–water partition coefficient (Wildman–Crippen LogP) is 4.42. The van der Waals surface area contributed by atoms with Crippen LogP contribution in [0.4, 0.5) is 0 Å². The zero-order valence-electron chi connectivity index (χ0n) is 13.4. The molecule has 1 N–H and O–H groups in total. The Hall–Kier alpha value is -2.07. The van der Waals surface area contributed by atoms with Gasteiger partial charge in [0.15, 0.2) is 0 Å². The molecule has 0 bridgehead atoms. The lowest BCUT2D eigenvalue weighted by molar-refractivity contribution is -0.131. The highest BCUT2D eigenvalue weighted by Gasteiger charge is 2.13. The molecular formula is C18H21ClN2O2. The van der Waals surface area contributed by atoms with Crippen LogP contribution in [0, 0.1) is 0 Å². The van der Waals surface area contributed by atoms with E-state index in [9.17, 15) is 4.79 Å². The van der Waals surface area contributed by atoms with E-state index < -0.39 is 5.97 Å². The number of benzene rings is 1. The highest BCUT2D eigenvalue weighted by Crippen LogP contribution is 2.22. The van der Waals surface area contributed by atoms with Gasteiger partial charge in [-0.05, 0) is 30.5 Å². The maximum absolute atomic E-state index is 11.0. The molecule has 2 rings (SSSR count). The first-order chi connectivity index (χ1) is 11.0. The van der Waals surface area contributed by atoms with Crippen LogP contribution in [0.2, 0.25) is 5.02 Å². The second kappa shape index (κ2) is 7.97. The van der Waals surface area contributed by atoms with Crippen molar-refractivity contribution in [3.8, 4) is 0 Å². The van der Waals surface area contributed by atoms with Crippen molar-refractivity contribution < 1.29 is 9.90 Å². The number of hydrogen-bond acceptors (Lipinski definition) is 2. The Morgan fingerprint density at radius 3 is 2.78 bits per heavy atom. The monoisotopic (exact) mass is 332 g/mol. The van der Waals surface area contributed by atoms with Crippen molar-refractivity contribution >= 4 is 23.1 Å². The molecule has 0 aliphatic carbocycles. The van der Waals surface area contributed by atoms with Crippen molar-refractivity contribution in [2.24, 2.45) is 0 Å². The van der Waals surface area contributed by atoms with Gasteiger partial charge < -0.3 is 9.67 Å². The van der Waals surface area contributed by atoms with E-state index in [4.69, 9.17) is 16.7 Å². The number of aryl methyl sites for hydroxylation is 1. The number of carboxylic acids is 1. The van der Waals surface area contributed by atoms with Crippen molar-refractivity contribution in [3.05, 3.63) is 58.6 Å². The number of halogens is 1. The minimum atomic E-state index is -0.955. The number of carbonyl (C=O) groups is 1. The fraction of sp³-hybridized carbons (Fsp3) is 0.333. The smallest absolute Gasteiger partial charge is 0.328 e. The number of hydrogen-bond donors (Lipinski definition) is 1. The summed E-state index contributed by atoms with van der Waals surface area (Å²) in [6, 6.07) is 7.68. The Bertz CT molecular complexity index is 720. The minimum Gasteiger partial charge on any atom is -0.478 e. The van der Waals surface area contributed by atoms with Crippen molar-refractivity contribution in [3.63, 3.8) is 0 Å². The molecule has 122 valence electrons. The first-order valence-electron chi connectivity index (χ1n) is 7.72. The molecule has 0 aliphatic rings. The molecule has 1 aromatic carbocycles. The summed E-state index contributed by atoms with van der Waals surface area (Å²) in [6.45, 7) is 4.51. The summed E-state index contributed by atoms with van der Waals surface area (Å²) in [5, 5.41) is 9.69. The van der Waals surface area contributed by atoms with Crippen molar-refractivity contribution in [1.82, 2.24) is 9.55 Å². The molecule has 0 spiro atoms. The lowest BCUT2D eigenvalue weighted by Gasteiger charge is -2.13. The van der Waals surface area contributed by atoms with Crippen LogP contribution in [0.25, 0.3) is 5.57 Å². The van der Waals surface area contributed by atoms with Crippen LogP contribution in [-0.4, -0.2) is 20.6 Å². The van der Waals surface area contributed by atoms with Gasteiger partial charge in [0.05, 0.1) is 18.4 Å². The van der Waals surface area contributed by atoms with E-state index in [1.807, 2.05) is 24.3 Å². The maximum Gasteiger partial charge on any atom is 0.328 e. The molecule has 2 aromatic rings. The number of carboxylic acid groups (broad SMARTS) is 1. The molecule has 4 nitrogen and oxygen atoms in total. The van der Waals surface area contributed by atoms with Crippen LogP contribution in [-0.2, 0) is 17.8 Å². The topological polar surface area (TPSA) is 55.1 Å². The second-order valence-electron chi connectivity index (χ2n) is 5.51. The number of unbranched alkanes of at least 4 members (excludes halogenated alkanes) is 1. The van der Waals surface area contributed by atoms with E-state index in [0.29, 0.717) is 17.1 Å². The van der Waals surface area contributed by atoms with Crippen molar-refractivity contribution in [2.75, 3.05) is 0 Å². The van der Waals surface area contributed by atoms with Crippen LogP contribution < -0.4 is 0 Å². The molecule has 0 saturated heterocycles. The molecule has 23 heavy (non-hydrogen) atoms. The third-order valence-corrected chi connectivity index (χ3v) is 4.09. The number of aliphatic carboxylic acids is 1. The van der Waals surface area contributed by atoms with Gasteiger partial charge in [-0.2, -0.15) is 0 Å². The average Bonchev–Trinajstić information content (AvgIpc) is 2.89. The largest absolute Gasteiger partial charge is 0.478 e. The highest BCUT2D eigenvalue weighted by atomic mass is 35.5. The molecule has 0 unspecified atom stereocenters. The standard InChI is InChI=1S/C18H21ClN2O2/c1-3-4-9-17-20-11-16(13(2)10-18(22)23)21(17)12-14-7-5-6-8-15(14)19/h5-8,10-11H,3-4,9,12H2,1-2H3,(H,22,23). The molecule has 0 atom stereocenters. The lowest BCUT2D eigenvalue weighted by Crippen LogP contribution is -2.09. The first-order valence-corrected chi connectivity index (χ1v) is 8.10. The summed E-state index contributed by atoms with van der Waals surface area (Å²) in [4.78, 5) is 15.5. The lowest BCUT2D eigenvalue weighted by atomic mass is 10.1. The quantitative estimate of drug-likeness (QED) is 0.764. The number of nitrogens with zero attached hydrogens (tertiary/aromatic N) is 2. The van der Waals surface area contributed by atoms with Crippen LogP contribution >= 0.6 is 11.6 Å². The summed E-state index contributed by atoms with van der Waals surface area (Å²) in [5.74, 6) is 0.00279. The van der Waals surface area contributed by atoms with Crippen LogP contribution in [0.3, 0.4) is 0 Å². The summed E-state index contributed by atoms with van der Waals surface area (Å²) >= 11 is 6.27. The van der Waals surface area contributed by atoms with E-state index >= 15 is 0 Å². The zero-order valence-corrected chi connectivity index (χ0v) is 14.2. The average molecular weight is 333 g/mol. The Morgan fingerprint density at radius 2 is 2.13 bits per heavy atom. The van der Waals surface area contributed by atoms with Crippen LogP contribution in [0.5, 0.6) is 0 Å². The molecule has 1 heterocycles. The fourth-order valence-electron chi connectivity index (χ4n) is 2.50. The van der Waals surface area contributed by atoms with E-state index in [2.05, 4.69) is 16.5 Å². The van der Waals surface area contributed by atoms with Gasteiger partial charge in [0.2, 0.25) is 0 Å². The van der Waals surface area contributed by atoms with Gasteiger partial charge in [0.25, 0.3) is 0 Å². The number of imidazole rings is 1. The van der Waals surface area contributed by atoms with Crippen molar-refractivity contribution in [1.29, 1.82) is 0 Å². The van der Waals surface area contributed by atoms with Gasteiger partial charge in [-0.15, -0.1) is 0 Å². The third-order valence-electron chi connectivity index (χ3n) is 3.72. The predicted molar refractivity (Wildman–Crippen MR) is 92.7 cm³/mol. The third kappa shape index (κ3) is 4.45. The molecule has 0 amide bonds. The molecule has 5 heteroatoms. The van der Waals surface area contributed by atoms with Crippen LogP contribution in [0.15, 0.2) is 36.5 Å². The molecule has 0 saturated carbocycles. The maximum atomic E-state index is 11.0. The van der Waals surface area contributed by atoms with E-state index in [-0.39, 0.29) is 0 Å². The number of allylic oxidation sites excluding steroid dienone is 1. The molecule has 0 radical (unpaired) electrons. The van der Waals surface area contributed by atoms with Crippen molar-refractivity contribution in [2.45, 2.75) is 39.7 Å². The SMILES string of the molecule is CCCCc1ncc(C(C)=CC(=O)O)n1Cc1ccccc1Cl. The van der Waals surface area contributed by atoms with Gasteiger partial charge >= 0.3 is 5.97 Å². The van der Waals surface area contributed by atoms with Gasteiger partial charge in [-0.3, -0.25) is 0 Å². The Kier molecular flexibility index (Phi) is 5.99. The van der Waals surface area contributed by atoms with E-state index in [1.165, 1.54) is 6.08 Å². The van der Waals surface area contributed by atoms with Gasteiger partial charge in [-0.1, -0.05) is 43.1 Å². The fourth-order valence-corrected chi connectivity index (χ4v) is 2.69. The van der Waals surface area contributed by atoms with E-state index in [1.54, 1.807) is 13.1 Å². The van der Waals surface area contributed by atoms with Gasteiger partial charge in [0, 0.05) is 17.5 Å². The highest BCUT2D eigenvalue weighted by molar-refractivity contribution is 6.31. The summed E-state index contributed by atoms with van der Waals surface area (Å²) in [7, 11) is 0. The normalized spacial score (nSPS) is 11.7. The molecule has 0 fully saturated rings. The van der Waals surface area contributed by atoms with Gasteiger partial charge in [-0.25, -0.2) is 9.78 Å². The summed E-state index contributed by atoms with van der Waals surface area (Å²) in [6.07, 6.45) is 5.94. The molecule has 1 aromatic heterocycles. The second-order valence-corrected chi connectivity index (χ2v) is 5.91.